The monoisotopic (exact) mass is 574 g/mol. The van der Waals surface area contributed by atoms with Gasteiger partial charge in [0.15, 0.2) is 13.1 Å². The van der Waals surface area contributed by atoms with Crippen LogP contribution < -0.4 is 15.3 Å². The molecule has 1 fully saturated rings. The lowest BCUT2D eigenvalue weighted by Gasteiger charge is -2.28. The number of hydrogen-bond donors (Lipinski definition) is 4. The van der Waals surface area contributed by atoms with Crippen molar-refractivity contribution in [2.24, 2.45) is 0 Å². The summed E-state index contributed by atoms with van der Waals surface area (Å²) in [5.74, 6) is 0.466. The first-order valence-electron chi connectivity index (χ1n) is 13.8. The fourth-order valence-electron chi connectivity index (χ4n) is 5.58. The number of hydrogen-bond acceptors (Lipinski definition) is 6. The largest absolute Gasteiger partial charge is 0.573 e. The van der Waals surface area contributed by atoms with Crippen LogP contribution in [0.15, 0.2) is 60.7 Å². The van der Waals surface area contributed by atoms with Crippen LogP contribution in [-0.4, -0.2) is 58.3 Å². The summed E-state index contributed by atoms with van der Waals surface area (Å²) in [7, 11) is 2.36. The zero-order valence-corrected chi connectivity index (χ0v) is 22.7. The van der Waals surface area contributed by atoms with E-state index < -0.39 is 6.36 Å². The van der Waals surface area contributed by atoms with E-state index in [4.69, 9.17) is 4.98 Å². The van der Waals surface area contributed by atoms with Gasteiger partial charge in [-0.1, -0.05) is 24.3 Å². The van der Waals surface area contributed by atoms with Crippen LogP contribution >= 0.6 is 0 Å². The highest BCUT2D eigenvalue weighted by Gasteiger charge is 2.32. The molecule has 3 aromatic carbocycles. The van der Waals surface area contributed by atoms with Gasteiger partial charge in [0, 0.05) is 22.6 Å². The molecule has 1 amide bonds. The van der Waals surface area contributed by atoms with E-state index >= 15 is 0 Å². The van der Waals surface area contributed by atoms with Crippen molar-refractivity contribution in [1.82, 2.24) is 25.0 Å². The van der Waals surface area contributed by atoms with E-state index in [0.29, 0.717) is 59.5 Å². The van der Waals surface area contributed by atoms with Crippen LogP contribution in [0.25, 0.3) is 33.1 Å². The number of aliphatic hydroxyl groups excluding tert-OH is 1. The van der Waals surface area contributed by atoms with E-state index in [1.54, 1.807) is 42.5 Å². The summed E-state index contributed by atoms with van der Waals surface area (Å²) in [6.07, 6.45) is -2.34. The van der Waals surface area contributed by atoms with Crippen LogP contribution in [0.1, 0.15) is 42.1 Å². The molecule has 5 aromatic rings. The minimum Gasteiger partial charge on any atom is -0.406 e. The van der Waals surface area contributed by atoms with Crippen molar-refractivity contribution in [3.63, 3.8) is 0 Å². The number of carbonyl (C=O) groups is 1. The van der Waals surface area contributed by atoms with Gasteiger partial charge in [-0.3, -0.25) is 9.89 Å². The molecule has 4 N–H and O–H groups in total. The van der Waals surface area contributed by atoms with Gasteiger partial charge in [-0.25, -0.2) is 4.98 Å². The van der Waals surface area contributed by atoms with Crippen LogP contribution in [-0.2, 0) is 0 Å². The van der Waals surface area contributed by atoms with Gasteiger partial charge in [0.2, 0.25) is 11.9 Å². The second kappa shape index (κ2) is 11.1. The van der Waals surface area contributed by atoms with Gasteiger partial charge in [0.05, 0.1) is 30.4 Å². The Hall–Kier alpha value is -4.45. The normalized spacial score (nSPS) is 17.3. The molecular weight excluding hydrogens is 547 g/mol. The van der Waals surface area contributed by atoms with Gasteiger partial charge in [0.1, 0.15) is 5.75 Å². The van der Waals surface area contributed by atoms with E-state index in [1.165, 1.54) is 12.1 Å². The van der Waals surface area contributed by atoms with Gasteiger partial charge in [0.25, 0.3) is 0 Å². The van der Waals surface area contributed by atoms with Crippen LogP contribution in [0.5, 0.6) is 5.75 Å². The Morgan fingerprint density at radius 1 is 1.10 bits per heavy atom. The number of para-hydroxylation sites is 1. The van der Waals surface area contributed by atoms with Crippen molar-refractivity contribution >= 4 is 54.7 Å². The van der Waals surface area contributed by atoms with Gasteiger partial charge in [-0.05, 0) is 67.6 Å². The summed E-state index contributed by atoms with van der Waals surface area (Å²) in [5.41, 5.74) is 3.45. The van der Waals surface area contributed by atoms with Crippen molar-refractivity contribution in [3.8, 4) is 16.9 Å². The predicted octanol–water partition coefficient (Wildman–Crippen LogP) is 4.33. The number of benzene rings is 3. The number of alkyl halides is 3. The molecule has 6 rings (SSSR count). The number of ether oxygens (including phenoxy) is 1. The lowest BCUT2D eigenvalue weighted by atomic mass is 9.67. The average Bonchev–Trinajstić information content (AvgIpc) is 3.53. The lowest BCUT2D eigenvalue weighted by Crippen LogP contribution is -2.27. The number of nitrogens with one attached hydrogen (secondary N) is 3. The third-order valence-electron chi connectivity index (χ3n) is 7.54. The Labute approximate surface area is 240 Å². The molecule has 1 saturated carbocycles. The Balaban J connectivity index is 1.41. The number of aromatic nitrogens is 4. The van der Waals surface area contributed by atoms with E-state index in [0.717, 1.165) is 18.4 Å². The number of nitrogens with zero attached hydrogens (tertiary/aromatic N) is 3. The minimum absolute atomic E-state index is 0.0587. The molecular formula is C28H27B2F3N6O3. The highest BCUT2D eigenvalue weighted by Crippen LogP contribution is 2.38. The van der Waals surface area contributed by atoms with Gasteiger partial charge < -0.3 is 25.0 Å². The maximum Gasteiger partial charge on any atom is 0.573 e. The molecule has 9 nitrogen and oxygen atoms in total. The predicted molar refractivity (Wildman–Crippen MR) is 158 cm³/mol. The number of imidazole rings is 1. The number of rotatable bonds is 7. The van der Waals surface area contributed by atoms with E-state index in [9.17, 15) is 23.1 Å². The number of carbonyl (C=O) groups excluding carboxylic acids is 1. The van der Waals surface area contributed by atoms with E-state index in [2.05, 4.69) is 30.0 Å². The number of anilines is 2. The van der Waals surface area contributed by atoms with Crippen LogP contribution in [0.2, 0.25) is 0 Å². The minimum atomic E-state index is -4.83. The fourth-order valence-corrected chi connectivity index (χ4v) is 5.58. The zero-order chi connectivity index (χ0) is 29.4. The maximum atomic E-state index is 13.1. The Bertz CT molecular complexity index is 1770. The first kappa shape index (κ1) is 27.7. The van der Waals surface area contributed by atoms with Crippen LogP contribution in [0.3, 0.4) is 0 Å². The zero-order valence-electron chi connectivity index (χ0n) is 22.7. The molecule has 0 spiro atoms. The molecule has 1 aliphatic carbocycles. The average molecular weight is 574 g/mol. The number of aromatic amines is 1. The lowest BCUT2D eigenvalue weighted by molar-refractivity contribution is -0.274. The Kier molecular flexibility index (Phi) is 7.31. The smallest absolute Gasteiger partial charge is 0.406 e. The maximum absolute atomic E-state index is 13.1. The van der Waals surface area contributed by atoms with Crippen LogP contribution in [0, 0.1) is 0 Å². The molecule has 0 unspecified atom stereocenters. The first-order chi connectivity index (χ1) is 20.2. The summed E-state index contributed by atoms with van der Waals surface area (Å²) >= 11 is 0. The quantitative estimate of drug-likeness (QED) is 0.215. The highest BCUT2D eigenvalue weighted by atomic mass is 19.4. The summed E-state index contributed by atoms with van der Waals surface area (Å²) in [6, 6.07) is 16.6. The van der Waals surface area contributed by atoms with Crippen LogP contribution in [0.4, 0.5) is 24.9 Å². The van der Waals surface area contributed by atoms with Crippen molar-refractivity contribution in [1.29, 1.82) is 0 Å². The van der Waals surface area contributed by atoms with Crippen molar-refractivity contribution in [2.45, 2.75) is 44.2 Å². The van der Waals surface area contributed by atoms with Crippen molar-refractivity contribution < 1.29 is 27.8 Å². The molecule has 214 valence electrons. The molecule has 1 aliphatic rings. The second-order valence-corrected chi connectivity index (χ2v) is 10.3. The first-order valence-corrected chi connectivity index (χ1v) is 13.8. The van der Waals surface area contributed by atoms with Gasteiger partial charge in [-0.2, -0.15) is 5.10 Å². The summed E-state index contributed by atoms with van der Waals surface area (Å²) in [5, 5.41) is 24.3. The summed E-state index contributed by atoms with van der Waals surface area (Å²) < 4.78 is 45.5. The fraction of sp³-hybridized carbons (Fsp3) is 0.250. The number of aliphatic hydroxyl groups is 1. The molecule has 0 atom stereocenters. The molecule has 0 saturated heterocycles. The Morgan fingerprint density at radius 2 is 1.88 bits per heavy atom. The molecule has 2 heterocycles. The highest BCUT2D eigenvalue weighted by molar-refractivity contribution is 6.89. The van der Waals surface area contributed by atoms with Crippen molar-refractivity contribution in [3.05, 3.63) is 66.2 Å². The van der Waals surface area contributed by atoms with E-state index in [-0.39, 0.29) is 29.4 Å². The molecule has 14 heteroatoms. The SMILES string of the molecule is BBNC(=O)c1ccc2c(c1)nc(Nc1n[nH]c3ccc(-c4ccccc4OC(F)(F)F)cc13)n2[C@H]1CC[C@@H](O)CC1. The standard InChI is InChI=1S/C28H27B2F3N6O3/c29-30-36-26(41)16-6-12-23-22(14-16)34-27(39(23)17-7-9-18(40)10-8-17)35-25-20-13-15(5-11-21(20)37-38-25)19-3-1-2-4-24(19)42-28(31,32)33/h1-6,11-14,17-18,30,40H,7-10,29H2,(H,36,41)(H2,34,35,37,38)/t17-,18+. The van der Waals surface area contributed by atoms with E-state index in [1.807, 2.05) is 13.8 Å². The second-order valence-electron chi connectivity index (χ2n) is 10.3. The van der Waals surface area contributed by atoms with Gasteiger partial charge in [-0.15, -0.1) is 13.2 Å². The molecule has 42 heavy (non-hydrogen) atoms. The number of H-pyrrole nitrogens is 1. The third kappa shape index (κ3) is 5.54. The van der Waals surface area contributed by atoms with Gasteiger partial charge >= 0.3 is 6.36 Å². The number of amides is 1. The summed E-state index contributed by atoms with van der Waals surface area (Å²) in [6.45, 7) is 0. The molecule has 2 aromatic heterocycles. The molecule has 0 aliphatic heterocycles. The number of fused-ring (bicyclic) bond motifs is 2. The summed E-state index contributed by atoms with van der Waals surface area (Å²) in [4.78, 5) is 17.3. The third-order valence-corrected chi connectivity index (χ3v) is 7.54. The Morgan fingerprint density at radius 3 is 2.64 bits per heavy atom. The molecule has 0 radical (unpaired) electrons. The topological polar surface area (TPSA) is 117 Å². The number of halogens is 3. The van der Waals surface area contributed by atoms with Crippen molar-refractivity contribution in [2.75, 3.05) is 5.32 Å². The molecule has 0 bridgehead atoms.